The van der Waals surface area contributed by atoms with E-state index >= 15 is 0 Å². The van der Waals surface area contributed by atoms with Gasteiger partial charge in [-0.15, -0.1) is 0 Å². The zero-order valence-corrected chi connectivity index (χ0v) is 18.0. The first-order chi connectivity index (χ1) is 15.1. The summed E-state index contributed by atoms with van der Waals surface area (Å²) in [6, 6.07) is -4.73. The predicted octanol–water partition coefficient (Wildman–Crippen LogP) is -2.74. The van der Waals surface area contributed by atoms with Crippen molar-refractivity contribution in [2.45, 2.75) is 75.7 Å². The maximum Gasteiger partial charge on any atom is 0.326 e. The lowest BCUT2D eigenvalue weighted by atomic mass is 10.1. The normalized spacial score (nSPS) is 19.3. The highest BCUT2D eigenvalue weighted by atomic mass is 16.4. The van der Waals surface area contributed by atoms with Gasteiger partial charge in [-0.1, -0.05) is 0 Å². The molecule has 0 bridgehead atoms. The topological polar surface area (TPSA) is 220 Å². The van der Waals surface area contributed by atoms with Crippen molar-refractivity contribution in [3.63, 3.8) is 0 Å². The quantitative estimate of drug-likeness (QED) is 0.125. The number of carbonyl (C=O) groups excluding carboxylic acids is 3. The number of nitrogens with one attached hydrogen (secondary N) is 4. The van der Waals surface area contributed by atoms with Crippen molar-refractivity contribution >= 4 is 29.7 Å². The number of nitrogens with two attached hydrogens (primary N) is 1. The van der Waals surface area contributed by atoms with Gasteiger partial charge >= 0.3 is 11.9 Å². The Balaban J connectivity index is 2.89. The Morgan fingerprint density at radius 1 is 1.03 bits per heavy atom. The van der Waals surface area contributed by atoms with Crippen molar-refractivity contribution in [1.29, 1.82) is 0 Å². The number of rotatable bonds is 14. The molecule has 32 heavy (non-hydrogen) atoms. The molecule has 0 saturated carbocycles. The van der Waals surface area contributed by atoms with Crippen molar-refractivity contribution < 1.29 is 39.3 Å². The van der Waals surface area contributed by atoms with Crippen molar-refractivity contribution in [3.05, 3.63) is 0 Å². The van der Waals surface area contributed by atoms with Gasteiger partial charge in [0.05, 0.1) is 18.6 Å². The second-order valence-electron chi connectivity index (χ2n) is 7.72. The summed E-state index contributed by atoms with van der Waals surface area (Å²) in [6.45, 7) is 2.30. The lowest BCUT2D eigenvalue weighted by Crippen LogP contribution is -2.59. The van der Waals surface area contributed by atoms with Gasteiger partial charge in [-0.3, -0.25) is 19.2 Å². The standard InChI is InChI=1S/C19H33N5O8/c1-10(25)15(24-16(28)11-6-4-8-21-11)18(30)22-12(5-2-3-7-20)17(29)23-13(19(31)32)9-14(26)27/h10-13,15,21,25H,2-9,20H2,1H3,(H,22,30)(H,23,29)(H,24,28)(H,26,27)(H,31,32). The summed E-state index contributed by atoms with van der Waals surface area (Å²) in [6.07, 6.45) is 0.319. The van der Waals surface area contributed by atoms with Crippen molar-refractivity contribution in [2.24, 2.45) is 5.73 Å². The minimum atomic E-state index is -1.69. The van der Waals surface area contributed by atoms with Gasteiger partial charge in [0.1, 0.15) is 18.1 Å². The van der Waals surface area contributed by atoms with Crippen LogP contribution in [0.2, 0.25) is 0 Å². The van der Waals surface area contributed by atoms with Gasteiger partial charge in [0, 0.05) is 0 Å². The molecule has 9 N–H and O–H groups in total. The Morgan fingerprint density at radius 3 is 2.19 bits per heavy atom. The molecule has 5 unspecified atom stereocenters. The van der Waals surface area contributed by atoms with E-state index in [2.05, 4.69) is 21.3 Å². The number of carbonyl (C=O) groups is 5. The molecule has 1 fully saturated rings. The summed E-state index contributed by atoms with van der Waals surface area (Å²) >= 11 is 0. The molecule has 1 aliphatic heterocycles. The van der Waals surface area contributed by atoms with Crippen molar-refractivity contribution in [2.75, 3.05) is 13.1 Å². The average molecular weight is 460 g/mol. The van der Waals surface area contributed by atoms with Gasteiger partial charge in [-0.2, -0.15) is 0 Å². The Morgan fingerprint density at radius 2 is 1.69 bits per heavy atom. The Kier molecular flexibility index (Phi) is 11.6. The molecule has 1 saturated heterocycles. The number of unbranched alkanes of at least 4 members (excludes halogenated alkanes) is 1. The lowest BCUT2D eigenvalue weighted by Gasteiger charge is -2.26. The monoisotopic (exact) mass is 459 g/mol. The fraction of sp³-hybridized carbons (Fsp3) is 0.737. The van der Waals surface area contributed by atoms with E-state index in [1.54, 1.807) is 0 Å². The maximum absolute atomic E-state index is 12.8. The van der Waals surface area contributed by atoms with Crippen molar-refractivity contribution in [3.8, 4) is 0 Å². The first-order valence-corrected chi connectivity index (χ1v) is 10.5. The van der Waals surface area contributed by atoms with Gasteiger partial charge in [-0.05, 0) is 52.1 Å². The number of amides is 3. The van der Waals surface area contributed by atoms with Crippen molar-refractivity contribution in [1.82, 2.24) is 21.3 Å². The van der Waals surface area contributed by atoms with Gasteiger partial charge in [0.15, 0.2) is 0 Å². The maximum atomic E-state index is 12.8. The molecule has 0 aromatic rings. The number of aliphatic hydroxyl groups excluding tert-OH is 1. The summed E-state index contributed by atoms with van der Waals surface area (Å²) in [5.74, 6) is -5.13. The molecule has 0 aromatic carbocycles. The van der Waals surface area contributed by atoms with Crippen LogP contribution in [0.15, 0.2) is 0 Å². The average Bonchev–Trinajstić information content (AvgIpc) is 3.24. The Hall–Kier alpha value is -2.77. The number of aliphatic hydroxyl groups is 1. The van der Waals surface area contributed by atoms with E-state index in [-0.39, 0.29) is 6.42 Å². The third kappa shape index (κ3) is 9.16. The van der Waals surface area contributed by atoms with Crippen LogP contribution in [0.25, 0.3) is 0 Å². The van der Waals surface area contributed by atoms with E-state index in [9.17, 15) is 29.1 Å². The first kappa shape index (κ1) is 27.3. The smallest absolute Gasteiger partial charge is 0.326 e. The minimum absolute atomic E-state index is 0.0961. The highest BCUT2D eigenvalue weighted by Gasteiger charge is 2.33. The number of hydrogen-bond acceptors (Lipinski definition) is 8. The van der Waals surface area contributed by atoms with E-state index in [1.807, 2.05) is 0 Å². The summed E-state index contributed by atoms with van der Waals surface area (Å²) in [5.41, 5.74) is 5.45. The van der Waals surface area contributed by atoms with E-state index < -0.39 is 66.4 Å². The minimum Gasteiger partial charge on any atom is -0.481 e. The molecular weight excluding hydrogens is 426 g/mol. The number of carboxylic acids is 2. The van der Waals surface area contributed by atoms with Crippen LogP contribution in [0.1, 0.15) is 45.4 Å². The van der Waals surface area contributed by atoms with Crippen LogP contribution in [-0.4, -0.2) is 88.3 Å². The first-order valence-electron chi connectivity index (χ1n) is 10.5. The zero-order valence-electron chi connectivity index (χ0n) is 18.0. The van der Waals surface area contributed by atoms with Gasteiger partial charge in [-0.25, -0.2) is 4.79 Å². The molecule has 5 atom stereocenters. The Bertz CT molecular complexity index is 681. The van der Waals surface area contributed by atoms with Crippen LogP contribution >= 0.6 is 0 Å². The number of hydrogen-bond donors (Lipinski definition) is 8. The molecule has 13 nitrogen and oxygen atoms in total. The lowest BCUT2D eigenvalue weighted by molar-refractivity contribution is -0.147. The van der Waals surface area contributed by atoms with E-state index in [0.717, 1.165) is 6.42 Å². The van der Waals surface area contributed by atoms with Crippen LogP contribution in [0.5, 0.6) is 0 Å². The second kappa shape index (κ2) is 13.6. The van der Waals surface area contributed by atoms with E-state index in [0.29, 0.717) is 32.4 Å². The van der Waals surface area contributed by atoms with Crippen LogP contribution in [-0.2, 0) is 24.0 Å². The fourth-order valence-corrected chi connectivity index (χ4v) is 3.24. The molecule has 0 aliphatic carbocycles. The van der Waals surface area contributed by atoms with E-state index in [4.69, 9.17) is 15.9 Å². The number of carboxylic acid groups (broad SMARTS) is 2. The molecule has 1 heterocycles. The molecule has 1 rings (SSSR count). The second-order valence-corrected chi connectivity index (χ2v) is 7.72. The molecule has 182 valence electrons. The van der Waals surface area contributed by atoms with E-state index in [1.165, 1.54) is 6.92 Å². The predicted molar refractivity (Wildman–Crippen MR) is 111 cm³/mol. The fourth-order valence-electron chi connectivity index (χ4n) is 3.24. The third-order valence-electron chi connectivity index (χ3n) is 5.01. The molecule has 13 heteroatoms. The van der Waals surface area contributed by atoms with Gasteiger partial charge < -0.3 is 42.3 Å². The molecule has 0 radical (unpaired) electrons. The zero-order chi connectivity index (χ0) is 24.3. The molecule has 1 aliphatic rings. The van der Waals surface area contributed by atoms with Crippen LogP contribution in [0, 0.1) is 0 Å². The third-order valence-corrected chi connectivity index (χ3v) is 5.01. The summed E-state index contributed by atoms with van der Waals surface area (Å²) in [7, 11) is 0. The highest BCUT2D eigenvalue weighted by molar-refractivity contribution is 5.95. The van der Waals surface area contributed by atoms with Gasteiger partial charge in [0.2, 0.25) is 17.7 Å². The summed E-state index contributed by atoms with van der Waals surface area (Å²) in [5, 5.41) is 38.0. The largest absolute Gasteiger partial charge is 0.481 e. The molecule has 0 spiro atoms. The summed E-state index contributed by atoms with van der Waals surface area (Å²) < 4.78 is 0. The number of aliphatic carboxylic acids is 2. The SMILES string of the molecule is CC(O)C(NC(=O)C1CCCN1)C(=O)NC(CCCCN)C(=O)NC(CC(=O)O)C(=O)O. The summed E-state index contributed by atoms with van der Waals surface area (Å²) in [4.78, 5) is 59.8. The Labute approximate surface area is 185 Å². The highest BCUT2D eigenvalue weighted by Crippen LogP contribution is 2.08. The molecule has 0 aromatic heterocycles. The van der Waals surface area contributed by atoms with Gasteiger partial charge in [0.25, 0.3) is 0 Å². The molecular formula is C19H33N5O8. The van der Waals surface area contributed by atoms with Crippen LogP contribution in [0.3, 0.4) is 0 Å². The molecule has 3 amide bonds. The van der Waals surface area contributed by atoms with Crippen LogP contribution in [0.4, 0.5) is 0 Å². The van der Waals surface area contributed by atoms with Crippen LogP contribution < -0.4 is 27.0 Å².